The van der Waals surface area contributed by atoms with E-state index >= 15 is 0 Å². The Labute approximate surface area is 109 Å². The maximum atomic E-state index is 13.3. The van der Waals surface area contributed by atoms with Crippen LogP contribution in [0.5, 0.6) is 0 Å². The summed E-state index contributed by atoms with van der Waals surface area (Å²) in [6.07, 6.45) is 1.36. The number of aryl methyl sites for hydroxylation is 1. The van der Waals surface area contributed by atoms with Crippen LogP contribution < -0.4 is 5.32 Å². The predicted molar refractivity (Wildman–Crippen MR) is 68.3 cm³/mol. The number of halogens is 2. The fourth-order valence-electron chi connectivity index (χ4n) is 1.38. The molecule has 0 aliphatic rings. The second-order valence-electron chi connectivity index (χ2n) is 3.79. The lowest BCUT2D eigenvalue weighted by Crippen LogP contribution is -2.12. The van der Waals surface area contributed by atoms with E-state index in [9.17, 15) is 9.18 Å². The first-order valence-electron chi connectivity index (χ1n) is 5.25. The van der Waals surface area contributed by atoms with Crippen molar-refractivity contribution in [1.29, 1.82) is 0 Å². The third-order valence-electron chi connectivity index (χ3n) is 2.42. The Balaban J connectivity index is 2.16. The highest BCUT2D eigenvalue weighted by atomic mass is 35.5. The molecular weight excluding hydrogens is 255 g/mol. The first kappa shape index (κ1) is 12.5. The molecule has 1 amide bonds. The Morgan fingerprint density at radius 1 is 1.33 bits per heavy atom. The molecule has 1 heterocycles. The van der Waals surface area contributed by atoms with Gasteiger partial charge in [-0.15, -0.1) is 0 Å². The van der Waals surface area contributed by atoms with Crippen LogP contribution in [0, 0.1) is 12.7 Å². The van der Waals surface area contributed by atoms with Gasteiger partial charge in [-0.1, -0.05) is 17.7 Å². The Hall–Kier alpha value is -1.94. The fraction of sp³-hybridized carbons (Fsp3) is 0.0769. The first-order valence-corrected chi connectivity index (χ1v) is 5.63. The average molecular weight is 265 g/mol. The number of nitrogens with one attached hydrogen (secondary N) is 1. The summed E-state index contributed by atoms with van der Waals surface area (Å²) in [4.78, 5) is 15.6. The Morgan fingerprint density at radius 3 is 2.72 bits per heavy atom. The number of carbonyl (C=O) groups excluding carboxylic acids is 1. The number of pyridine rings is 1. The van der Waals surface area contributed by atoms with Crippen LogP contribution in [0.25, 0.3) is 0 Å². The van der Waals surface area contributed by atoms with Crippen molar-refractivity contribution >= 4 is 23.2 Å². The van der Waals surface area contributed by atoms with Crippen molar-refractivity contribution in [3.8, 4) is 0 Å². The normalized spacial score (nSPS) is 10.2. The highest BCUT2D eigenvalue weighted by molar-refractivity contribution is 6.29. The van der Waals surface area contributed by atoms with Gasteiger partial charge in [-0.2, -0.15) is 0 Å². The molecule has 1 aromatic carbocycles. The molecule has 0 unspecified atom stereocenters. The molecule has 0 spiro atoms. The summed E-state index contributed by atoms with van der Waals surface area (Å²) >= 11 is 5.62. The molecule has 0 atom stereocenters. The van der Waals surface area contributed by atoms with Crippen LogP contribution >= 0.6 is 11.6 Å². The smallest absolute Gasteiger partial charge is 0.257 e. The number of carbonyl (C=O) groups is 1. The van der Waals surface area contributed by atoms with E-state index in [0.29, 0.717) is 22.0 Å². The summed E-state index contributed by atoms with van der Waals surface area (Å²) < 4.78 is 13.3. The molecule has 2 aromatic rings. The number of aromatic nitrogens is 1. The molecule has 0 fully saturated rings. The molecule has 0 bridgehead atoms. The van der Waals surface area contributed by atoms with Gasteiger partial charge in [-0.25, -0.2) is 9.37 Å². The van der Waals surface area contributed by atoms with Gasteiger partial charge in [0.25, 0.3) is 5.91 Å². The highest BCUT2D eigenvalue weighted by Crippen LogP contribution is 2.15. The zero-order chi connectivity index (χ0) is 13.1. The minimum Gasteiger partial charge on any atom is -0.322 e. The number of rotatable bonds is 2. The molecule has 3 nitrogen and oxygen atoms in total. The Kier molecular flexibility index (Phi) is 3.58. The second kappa shape index (κ2) is 5.14. The van der Waals surface area contributed by atoms with Crippen LogP contribution in [-0.4, -0.2) is 10.9 Å². The van der Waals surface area contributed by atoms with Crippen molar-refractivity contribution in [2.24, 2.45) is 0 Å². The molecule has 2 rings (SSSR count). The molecule has 1 N–H and O–H groups in total. The van der Waals surface area contributed by atoms with Crippen LogP contribution in [0.3, 0.4) is 0 Å². The van der Waals surface area contributed by atoms with Crippen molar-refractivity contribution in [2.45, 2.75) is 6.92 Å². The number of hydrogen-bond acceptors (Lipinski definition) is 2. The largest absolute Gasteiger partial charge is 0.322 e. The SMILES string of the molecule is Cc1ccc(NC(=O)c2ccc(Cl)nc2)cc1F. The summed E-state index contributed by atoms with van der Waals surface area (Å²) in [6.45, 7) is 1.66. The standard InChI is InChI=1S/C13H10ClFN2O/c1-8-2-4-10(6-11(8)15)17-13(18)9-3-5-12(14)16-7-9/h2-7H,1H3,(H,17,18). The van der Waals surface area contributed by atoms with Crippen molar-refractivity contribution in [3.05, 3.63) is 58.6 Å². The highest BCUT2D eigenvalue weighted by Gasteiger charge is 2.07. The minimum atomic E-state index is -0.359. The summed E-state index contributed by atoms with van der Waals surface area (Å²) in [5, 5.41) is 2.90. The monoisotopic (exact) mass is 264 g/mol. The lowest BCUT2D eigenvalue weighted by atomic mass is 10.2. The molecule has 0 aliphatic heterocycles. The lowest BCUT2D eigenvalue weighted by Gasteiger charge is -2.06. The van der Waals surface area contributed by atoms with E-state index in [-0.39, 0.29) is 11.7 Å². The molecule has 1 aromatic heterocycles. The van der Waals surface area contributed by atoms with Crippen LogP contribution in [0.1, 0.15) is 15.9 Å². The summed E-state index contributed by atoms with van der Waals surface area (Å²) in [7, 11) is 0. The third kappa shape index (κ3) is 2.84. The van der Waals surface area contributed by atoms with Gasteiger partial charge >= 0.3 is 0 Å². The van der Waals surface area contributed by atoms with Gasteiger partial charge in [0.05, 0.1) is 5.56 Å². The molecule has 0 saturated carbocycles. The van der Waals surface area contributed by atoms with Gasteiger partial charge in [0.2, 0.25) is 0 Å². The predicted octanol–water partition coefficient (Wildman–Crippen LogP) is 3.43. The van der Waals surface area contributed by atoms with Gasteiger partial charge < -0.3 is 5.32 Å². The van der Waals surface area contributed by atoms with Crippen molar-refractivity contribution in [1.82, 2.24) is 4.98 Å². The lowest BCUT2D eigenvalue weighted by molar-refractivity contribution is 0.102. The minimum absolute atomic E-state index is 0.313. The molecule has 92 valence electrons. The third-order valence-corrected chi connectivity index (χ3v) is 2.64. The first-order chi connectivity index (χ1) is 8.56. The van der Waals surface area contributed by atoms with E-state index in [4.69, 9.17) is 11.6 Å². The molecule has 18 heavy (non-hydrogen) atoms. The molecule has 0 saturated heterocycles. The van der Waals surface area contributed by atoms with Crippen molar-refractivity contribution < 1.29 is 9.18 Å². The summed E-state index contributed by atoms with van der Waals surface area (Å²) in [6, 6.07) is 7.59. The van der Waals surface area contributed by atoms with Crippen LogP contribution in [0.2, 0.25) is 5.15 Å². The van der Waals surface area contributed by atoms with Gasteiger partial charge in [-0.05, 0) is 36.8 Å². The fourth-order valence-corrected chi connectivity index (χ4v) is 1.50. The van der Waals surface area contributed by atoms with E-state index in [0.717, 1.165) is 0 Å². The summed E-state index contributed by atoms with van der Waals surface area (Å²) in [5.41, 5.74) is 1.29. The number of amides is 1. The van der Waals surface area contributed by atoms with E-state index < -0.39 is 0 Å². The van der Waals surface area contributed by atoms with Crippen LogP contribution in [0.4, 0.5) is 10.1 Å². The zero-order valence-corrected chi connectivity index (χ0v) is 10.3. The van der Waals surface area contributed by atoms with Crippen molar-refractivity contribution in [3.63, 3.8) is 0 Å². The van der Waals surface area contributed by atoms with E-state index in [1.54, 1.807) is 25.1 Å². The number of nitrogens with zero attached hydrogens (tertiary/aromatic N) is 1. The maximum Gasteiger partial charge on any atom is 0.257 e. The van der Waals surface area contributed by atoms with E-state index in [2.05, 4.69) is 10.3 Å². The van der Waals surface area contributed by atoms with E-state index in [1.807, 2.05) is 0 Å². The van der Waals surface area contributed by atoms with E-state index in [1.165, 1.54) is 18.3 Å². The van der Waals surface area contributed by atoms with Gasteiger partial charge in [0, 0.05) is 11.9 Å². The molecule has 0 aliphatic carbocycles. The van der Waals surface area contributed by atoms with Crippen molar-refractivity contribution in [2.75, 3.05) is 5.32 Å². The topological polar surface area (TPSA) is 42.0 Å². The average Bonchev–Trinajstić information content (AvgIpc) is 2.34. The quantitative estimate of drug-likeness (QED) is 0.845. The number of benzene rings is 1. The van der Waals surface area contributed by atoms with Crippen LogP contribution in [-0.2, 0) is 0 Å². The zero-order valence-electron chi connectivity index (χ0n) is 9.58. The van der Waals surface area contributed by atoms with Gasteiger partial charge in [0.1, 0.15) is 11.0 Å². The Morgan fingerprint density at radius 2 is 2.11 bits per heavy atom. The molecular formula is C13H10ClFN2O. The number of hydrogen-bond donors (Lipinski definition) is 1. The van der Waals surface area contributed by atoms with Gasteiger partial charge in [0.15, 0.2) is 0 Å². The second-order valence-corrected chi connectivity index (χ2v) is 4.17. The number of anilines is 1. The summed E-state index contributed by atoms with van der Waals surface area (Å²) in [5.74, 6) is -0.718. The van der Waals surface area contributed by atoms with Crippen LogP contribution in [0.15, 0.2) is 36.5 Å². The Bertz CT molecular complexity index is 584. The van der Waals surface area contributed by atoms with Gasteiger partial charge in [-0.3, -0.25) is 4.79 Å². The maximum absolute atomic E-state index is 13.3. The molecule has 0 radical (unpaired) electrons. The molecule has 5 heteroatoms.